The molecule has 2 fully saturated rings. The predicted molar refractivity (Wildman–Crippen MR) is 71.0 cm³/mol. The average Bonchev–Trinajstić information content (AvgIpc) is 2.51. The fourth-order valence-electron chi connectivity index (χ4n) is 3.57. The highest BCUT2D eigenvalue weighted by Gasteiger charge is 2.33. The van der Waals surface area contributed by atoms with Gasteiger partial charge in [0.15, 0.2) is 0 Å². The summed E-state index contributed by atoms with van der Waals surface area (Å²) in [6.07, 6.45) is 7.47. The lowest BCUT2D eigenvalue weighted by molar-refractivity contribution is -0.128. The van der Waals surface area contributed by atoms with Gasteiger partial charge in [0.25, 0.3) is 0 Å². The first-order valence-corrected chi connectivity index (χ1v) is 7.42. The number of carbonyl (C=O) groups is 1. The van der Waals surface area contributed by atoms with E-state index in [2.05, 4.69) is 18.7 Å². The van der Waals surface area contributed by atoms with Crippen molar-refractivity contribution in [2.24, 2.45) is 17.8 Å². The summed E-state index contributed by atoms with van der Waals surface area (Å²) in [4.78, 5) is 14.7. The van der Waals surface area contributed by atoms with Crippen molar-refractivity contribution in [2.75, 3.05) is 19.6 Å². The maximum Gasteiger partial charge on any atom is 0.137 e. The highest BCUT2D eigenvalue weighted by atomic mass is 16.1. The first-order valence-electron chi connectivity index (χ1n) is 7.42. The molecule has 0 N–H and O–H groups in total. The molecule has 0 amide bonds. The molecule has 2 nitrogen and oxygen atoms in total. The van der Waals surface area contributed by atoms with E-state index in [1.165, 1.54) is 45.2 Å². The molecule has 1 saturated heterocycles. The number of carbonyl (C=O) groups excluding carboxylic acids is 1. The van der Waals surface area contributed by atoms with Crippen molar-refractivity contribution in [3.63, 3.8) is 0 Å². The van der Waals surface area contributed by atoms with Gasteiger partial charge in [0.05, 0.1) is 0 Å². The topological polar surface area (TPSA) is 20.3 Å². The molecule has 1 saturated carbocycles. The molecule has 1 aliphatic heterocycles. The van der Waals surface area contributed by atoms with Crippen LogP contribution in [0.4, 0.5) is 0 Å². The highest BCUT2D eigenvalue weighted by molar-refractivity contribution is 5.82. The Kier molecular flexibility index (Phi) is 4.61. The molecule has 0 aromatic heterocycles. The van der Waals surface area contributed by atoms with E-state index in [9.17, 15) is 4.79 Å². The summed E-state index contributed by atoms with van der Waals surface area (Å²) >= 11 is 0. The Hall–Kier alpha value is -0.370. The number of nitrogens with zero attached hydrogens (tertiary/aromatic N) is 1. The van der Waals surface area contributed by atoms with Crippen molar-refractivity contribution in [1.82, 2.24) is 4.90 Å². The lowest BCUT2D eigenvalue weighted by Gasteiger charge is -2.34. The van der Waals surface area contributed by atoms with E-state index in [1.807, 2.05) is 0 Å². The Morgan fingerprint density at radius 3 is 2.35 bits per heavy atom. The third kappa shape index (κ3) is 3.54. The SMILES string of the molecule is CC1CC(=O)C(CN2CCCCCC2)C(C)C1. The molecular weight excluding hydrogens is 210 g/mol. The fraction of sp³-hybridized carbons (Fsp3) is 0.933. The van der Waals surface area contributed by atoms with Gasteiger partial charge in [-0.15, -0.1) is 0 Å². The van der Waals surface area contributed by atoms with Crippen LogP contribution in [0.5, 0.6) is 0 Å². The maximum absolute atomic E-state index is 12.1. The Labute approximate surface area is 106 Å². The molecule has 1 heterocycles. The van der Waals surface area contributed by atoms with E-state index < -0.39 is 0 Å². The van der Waals surface area contributed by atoms with Crippen LogP contribution in [0.1, 0.15) is 52.4 Å². The normalized spacial score (nSPS) is 36.8. The number of hydrogen-bond acceptors (Lipinski definition) is 2. The van der Waals surface area contributed by atoms with E-state index in [0.717, 1.165) is 13.0 Å². The minimum Gasteiger partial charge on any atom is -0.303 e. The second kappa shape index (κ2) is 5.99. The molecule has 3 atom stereocenters. The molecule has 3 unspecified atom stereocenters. The van der Waals surface area contributed by atoms with Crippen LogP contribution in [-0.4, -0.2) is 30.3 Å². The molecule has 0 bridgehead atoms. The summed E-state index contributed by atoms with van der Waals surface area (Å²) in [6, 6.07) is 0. The first-order chi connectivity index (χ1) is 8.16. The molecule has 98 valence electrons. The molecule has 17 heavy (non-hydrogen) atoms. The Morgan fingerprint density at radius 2 is 1.76 bits per heavy atom. The van der Waals surface area contributed by atoms with Crippen molar-refractivity contribution < 1.29 is 4.79 Å². The van der Waals surface area contributed by atoms with Gasteiger partial charge in [0, 0.05) is 18.9 Å². The van der Waals surface area contributed by atoms with Crippen LogP contribution in [0.25, 0.3) is 0 Å². The Morgan fingerprint density at radius 1 is 1.12 bits per heavy atom. The standard InChI is InChI=1S/C15H27NO/c1-12-9-13(2)14(15(17)10-12)11-16-7-5-3-4-6-8-16/h12-14H,3-11H2,1-2H3. The van der Waals surface area contributed by atoms with Gasteiger partial charge in [0.1, 0.15) is 5.78 Å². The van der Waals surface area contributed by atoms with Gasteiger partial charge in [-0.2, -0.15) is 0 Å². The van der Waals surface area contributed by atoms with Crippen LogP contribution < -0.4 is 0 Å². The van der Waals surface area contributed by atoms with E-state index in [1.54, 1.807) is 0 Å². The lowest BCUT2D eigenvalue weighted by atomic mass is 9.74. The van der Waals surface area contributed by atoms with Crippen LogP contribution in [0.2, 0.25) is 0 Å². The number of likely N-dealkylation sites (tertiary alicyclic amines) is 1. The molecule has 0 spiro atoms. The van der Waals surface area contributed by atoms with Gasteiger partial charge in [-0.3, -0.25) is 4.79 Å². The second-order valence-corrected chi connectivity index (χ2v) is 6.31. The molecule has 0 radical (unpaired) electrons. The van der Waals surface area contributed by atoms with Crippen LogP contribution in [0.15, 0.2) is 0 Å². The summed E-state index contributed by atoms with van der Waals surface area (Å²) in [5, 5.41) is 0. The third-order valence-corrected chi connectivity index (χ3v) is 4.58. The van der Waals surface area contributed by atoms with E-state index >= 15 is 0 Å². The van der Waals surface area contributed by atoms with Gasteiger partial charge in [-0.05, 0) is 44.2 Å². The zero-order valence-electron chi connectivity index (χ0n) is 11.5. The zero-order valence-corrected chi connectivity index (χ0v) is 11.5. The summed E-state index contributed by atoms with van der Waals surface area (Å²) in [5.74, 6) is 2.05. The molecule has 2 aliphatic rings. The van der Waals surface area contributed by atoms with Gasteiger partial charge in [0.2, 0.25) is 0 Å². The van der Waals surface area contributed by atoms with E-state index in [4.69, 9.17) is 0 Å². The second-order valence-electron chi connectivity index (χ2n) is 6.31. The smallest absolute Gasteiger partial charge is 0.137 e. The summed E-state index contributed by atoms with van der Waals surface area (Å²) in [5.41, 5.74) is 0. The number of ketones is 1. The molecule has 0 aromatic carbocycles. The average molecular weight is 237 g/mol. The third-order valence-electron chi connectivity index (χ3n) is 4.58. The van der Waals surface area contributed by atoms with Gasteiger partial charge in [-0.25, -0.2) is 0 Å². The molecule has 2 heteroatoms. The largest absolute Gasteiger partial charge is 0.303 e. The first kappa shape index (κ1) is 13.1. The summed E-state index contributed by atoms with van der Waals surface area (Å²) < 4.78 is 0. The van der Waals surface area contributed by atoms with Crippen molar-refractivity contribution >= 4 is 5.78 Å². The van der Waals surface area contributed by atoms with Crippen LogP contribution >= 0.6 is 0 Å². The molecule has 0 aromatic rings. The van der Waals surface area contributed by atoms with E-state index in [0.29, 0.717) is 23.5 Å². The van der Waals surface area contributed by atoms with Crippen molar-refractivity contribution in [1.29, 1.82) is 0 Å². The number of rotatable bonds is 2. The highest BCUT2D eigenvalue weighted by Crippen LogP contribution is 2.31. The van der Waals surface area contributed by atoms with Gasteiger partial charge in [-0.1, -0.05) is 26.7 Å². The van der Waals surface area contributed by atoms with Crippen molar-refractivity contribution in [3.8, 4) is 0 Å². The quantitative estimate of drug-likeness (QED) is 0.735. The van der Waals surface area contributed by atoms with Crippen molar-refractivity contribution in [2.45, 2.75) is 52.4 Å². The lowest BCUT2D eigenvalue weighted by Crippen LogP contribution is -2.40. The summed E-state index contributed by atoms with van der Waals surface area (Å²) in [7, 11) is 0. The van der Waals surface area contributed by atoms with Crippen LogP contribution in [-0.2, 0) is 4.79 Å². The molecule has 2 rings (SSSR count). The van der Waals surface area contributed by atoms with Crippen LogP contribution in [0, 0.1) is 17.8 Å². The van der Waals surface area contributed by atoms with Crippen molar-refractivity contribution in [3.05, 3.63) is 0 Å². The van der Waals surface area contributed by atoms with E-state index in [-0.39, 0.29) is 0 Å². The maximum atomic E-state index is 12.1. The van der Waals surface area contributed by atoms with Gasteiger partial charge < -0.3 is 4.90 Å². The minimum atomic E-state index is 0.323. The summed E-state index contributed by atoms with van der Waals surface area (Å²) in [6.45, 7) is 7.96. The predicted octanol–water partition coefficient (Wildman–Crippen LogP) is 3.11. The number of hydrogen-bond donors (Lipinski definition) is 0. The Balaban J connectivity index is 1.89. The van der Waals surface area contributed by atoms with Gasteiger partial charge >= 0.3 is 0 Å². The Bertz CT molecular complexity index is 256. The monoisotopic (exact) mass is 237 g/mol. The zero-order chi connectivity index (χ0) is 12.3. The number of Topliss-reactive ketones (excluding diaryl/α,β-unsaturated/α-hetero) is 1. The van der Waals surface area contributed by atoms with Crippen LogP contribution in [0.3, 0.4) is 0 Å². The molecule has 1 aliphatic carbocycles. The molecular formula is C15H27NO. The fourth-order valence-corrected chi connectivity index (χ4v) is 3.57. The minimum absolute atomic E-state index is 0.323.